The molecule has 19 heavy (non-hydrogen) atoms. The SMILES string of the molecule is Clc1cc(-c2ccncc2)nc(-c2ccccc2)n1. The minimum atomic E-state index is 0.431. The molecule has 0 N–H and O–H groups in total. The van der Waals surface area contributed by atoms with Crippen LogP contribution in [0.15, 0.2) is 60.9 Å². The molecule has 0 bridgehead atoms. The van der Waals surface area contributed by atoms with Crippen LogP contribution in [0.3, 0.4) is 0 Å². The lowest BCUT2D eigenvalue weighted by Gasteiger charge is -2.05. The summed E-state index contributed by atoms with van der Waals surface area (Å²) in [5.74, 6) is 0.625. The Bertz CT molecular complexity index is 627. The molecule has 0 atom stereocenters. The van der Waals surface area contributed by atoms with E-state index in [2.05, 4.69) is 15.0 Å². The van der Waals surface area contributed by atoms with Crippen LogP contribution in [-0.2, 0) is 0 Å². The monoisotopic (exact) mass is 267 g/mol. The summed E-state index contributed by atoms with van der Waals surface area (Å²) in [6.45, 7) is 0. The van der Waals surface area contributed by atoms with E-state index >= 15 is 0 Å². The van der Waals surface area contributed by atoms with Gasteiger partial charge in [-0.05, 0) is 12.1 Å². The van der Waals surface area contributed by atoms with E-state index < -0.39 is 0 Å². The zero-order chi connectivity index (χ0) is 13.1. The number of aromatic nitrogens is 3. The highest BCUT2D eigenvalue weighted by Gasteiger charge is 2.07. The lowest BCUT2D eigenvalue weighted by molar-refractivity contribution is 1.18. The summed E-state index contributed by atoms with van der Waals surface area (Å²) < 4.78 is 0. The van der Waals surface area contributed by atoms with Crippen LogP contribution in [0.2, 0.25) is 5.15 Å². The first-order valence-electron chi connectivity index (χ1n) is 5.83. The van der Waals surface area contributed by atoms with Gasteiger partial charge >= 0.3 is 0 Å². The third-order valence-electron chi connectivity index (χ3n) is 2.70. The van der Waals surface area contributed by atoms with Crippen molar-refractivity contribution in [3.05, 3.63) is 66.1 Å². The molecule has 2 aromatic heterocycles. The molecular formula is C15H10ClN3. The molecule has 3 aromatic rings. The van der Waals surface area contributed by atoms with Gasteiger partial charge in [-0.25, -0.2) is 9.97 Å². The fraction of sp³-hybridized carbons (Fsp3) is 0. The highest BCUT2D eigenvalue weighted by atomic mass is 35.5. The molecule has 2 heterocycles. The van der Waals surface area contributed by atoms with Crippen molar-refractivity contribution in [3.8, 4) is 22.6 Å². The number of pyridine rings is 1. The number of rotatable bonds is 2. The highest BCUT2D eigenvalue weighted by Crippen LogP contribution is 2.23. The van der Waals surface area contributed by atoms with Gasteiger partial charge < -0.3 is 0 Å². The van der Waals surface area contributed by atoms with E-state index in [1.165, 1.54) is 0 Å². The highest BCUT2D eigenvalue weighted by molar-refractivity contribution is 6.29. The topological polar surface area (TPSA) is 38.7 Å². The smallest absolute Gasteiger partial charge is 0.161 e. The van der Waals surface area contributed by atoms with Crippen LogP contribution in [0.1, 0.15) is 0 Å². The molecule has 3 rings (SSSR count). The zero-order valence-electron chi connectivity index (χ0n) is 9.99. The summed E-state index contributed by atoms with van der Waals surface area (Å²) in [6.07, 6.45) is 3.46. The third kappa shape index (κ3) is 2.61. The van der Waals surface area contributed by atoms with E-state index in [0.29, 0.717) is 11.0 Å². The second-order valence-electron chi connectivity index (χ2n) is 4.00. The van der Waals surface area contributed by atoms with Gasteiger partial charge in [0.15, 0.2) is 5.82 Å². The first-order valence-corrected chi connectivity index (χ1v) is 6.21. The zero-order valence-corrected chi connectivity index (χ0v) is 10.7. The number of hydrogen-bond acceptors (Lipinski definition) is 3. The van der Waals surface area contributed by atoms with Gasteiger partial charge in [-0.15, -0.1) is 0 Å². The van der Waals surface area contributed by atoms with Crippen molar-refractivity contribution in [3.63, 3.8) is 0 Å². The van der Waals surface area contributed by atoms with Crippen LogP contribution in [0.5, 0.6) is 0 Å². The van der Waals surface area contributed by atoms with E-state index in [-0.39, 0.29) is 0 Å². The Morgan fingerprint density at radius 1 is 0.789 bits per heavy atom. The summed E-state index contributed by atoms with van der Waals surface area (Å²) in [4.78, 5) is 12.8. The van der Waals surface area contributed by atoms with E-state index in [1.54, 1.807) is 18.5 Å². The number of hydrogen-bond donors (Lipinski definition) is 0. The van der Waals surface area contributed by atoms with Gasteiger partial charge in [-0.1, -0.05) is 41.9 Å². The molecule has 92 valence electrons. The molecule has 0 spiro atoms. The van der Waals surface area contributed by atoms with Gasteiger partial charge in [-0.3, -0.25) is 4.98 Å². The van der Waals surface area contributed by atoms with Crippen LogP contribution in [0.4, 0.5) is 0 Å². The van der Waals surface area contributed by atoms with E-state index in [9.17, 15) is 0 Å². The first kappa shape index (κ1) is 11.8. The fourth-order valence-electron chi connectivity index (χ4n) is 1.80. The van der Waals surface area contributed by atoms with E-state index in [1.807, 2.05) is 42.5 Å². The molecular weight excluding hydrogens is 258 g/mol. The van der Waals surface area contributed by atoms with Crippen LogP contribution in [0, 0.1) is 0 Å². The van der Waals surface area contributed by atoms with Crippen LogP contribution in [-0.4, -0.2) is 15.0 Å². The molecule has 0 saturated heterocycles. The fourth-order valence-corrected chi connectivity index (χ4v) is 1.99. The third-order valence-corrected chi connectivity index (χ3v) is 2.90. The Labute approximate surface area is 116 Å². The lowest BCUT2D eigenvalue weighted by atomic mass is 10.1. The van der Waals surface area contributed by atoms with Crippen LogP contribution in [0.25, 0.3) is 22.6 Å². The molecule has 0 aliphatic heterocycles. The number of nitrogens with zero attached hydrogens (tertiary/aromatic N) is 3. The Morgan fingerprint density at radius 2 is 1.53 bits per heavy atom. The molecule has 0 unspecified atom stereocenters. The predicted octanol–water partition coefficient (Wildman–Crippen LogP) is 3.86. The minimum Gasteiger partial charge on any atom is -0.265 e. The summed E-state index contributed by atoms with van der Waals surface area (Å²) in [7, 11) is 0. The second kappa shape index (κ2) is 5.16. The molecule has 0 radical (unpaired) electrons. The predicted molar refractivity (Wildman–Crippen MR) is 75.7 cm³/mol. The van der Waals surface area contributed by atoms with Gasteiger partial charge in [-0.2, -0.15) is 0 Å². The van der Waals surface area contributed by atoms with Crippen molar-refractivity contribution in [1.82, 2.24) is 15.0 Å². The molecule has 4 heteroatoms. The van der Waals surface area contributed by atoms with Crippen molar-refractivity contribution in [2.75, 3.05) is 0 Å². The second-order valence-corrected chi connectivity index (χ2v) is 4.39. The van der Waals surface area contributed by atoms with Gasteiger partial charge in [0, 0.05) is 29.6 Å². The van der Waals surface area contributed by atoms with Crippen molar-refractivity contribution in [2.45, 2.75) is 0 Å². The van der Waals surface area contributed by atoms with Gasteiger partial charge in [0.2, 0.25) is 0 Å². The van der Waals surface area contributed by atoms with Gasteiger partial charge in [0.1, 0.15) is 5.15 Å². The van der Waals surface area contributed by atoms with Crippen LogP contribution >= 0.6 is 11.6 Å². The largest absolute Gasteiger partial charge is 0.265 e. The Morgan fingerprint density at radius 3 is 2.26 bits per heavy atom. The molecule has 1 aromatic carbocycles. The lowest BCUT2D eigenvalue weighted by Crippen LogP contribution is -1.93. The van der Waals surface area contributed by atoms with Crippen molar-refractivity contribution in [2.24, 2.45) is 0 Å². The minimum absolute atomic E-state index is 0.431. The maximum atomic E-state index is 6.08. The summed E-state index contributed by atoms with van der Waals surface area (Å²) >= 11 is 6.08. The van der Waals surface area contributed by atoms with Crippen molar-refractivity contribution in [1.29, 1.82) is 0 Å². The Kier molecular flexibility index (Phi) is 3.21. The van der Waals surface area contributed by atoms with Gasteiger partial charge in [0.25, 0.3) is 0 Å². The normalized spacial score (nSPS) is 10.4. The molecule has 0 aliphatic rings. The molecule has 3 nitrogen and oxygen atoms in total. The summed E-state index contributed by atoms with van der Waals surface area (Å²) in [6, 6.07) is 15.3. The molecule has 0 aliphatic carbocycles. The summed E-state index contributed by atoms with van der Waals surface area (Å²) in [5, 5.41) is 0.431. The number of benzene rings is 1. The first-order chi connectivity index (χ1) is 9.33. The van der Waals surface area contributed by atoms with E-state index in [0.717, 1.165) is 16.8 Å². The summed E-state index contributed by atoms with van der Waals surface area (Å²) in [5.41, 5.74) is 2.71. The average Bonchev–Trinajstić information content (AvgIpc) is 2.48. The Balaban J connectivity index is 2.12. The van der Waals surface area contributed by atoms with Gasteiger partial charge in [0.05, 0.1) is 5.69 Å². The number of halogens is 1. The quantitative estimate of drug-likeness (QED) is 0.662. The van der Waals surface area contributed by atoms with E-state index in [4.69, 9.17) is 11.6 Å². The standard InChI is InChI=1S/C15H10ClN3/c16-14-10-13(11-6-8-17-9-7-11)18-15(19-14)12-4-2-1-3-5-12/h1-10H. The maximum absolute atomic E-state index is 6.08. The molecule has 0 amide bonds. The molecule has 0 saturated carbocycles. The van der Waals surface area contributed by atoms with Crippen LogP contribution < -0.4 is 0 Å². The Hall–Kier alpha value is -2.26. The average molecular weight is 268 g/mol. The van der Waals surface area contributed by atoms with Crippen molar-refractivity contribution < 1.29 is 0 Å². The molecule has 0 fully saturated rings. The van der Waals surface area contributed by atoms with Crippen molar-refractivity contribution >= 4 is 11.6 Å². The maximum Gasteiger partial charge on any atom is 0.161 e.